The summed E-state index contributed by atoms with van der Waals surface area (Å²) in [5, 5.41) is 4.06. The Bertz CT molecular complexity index is 651. The SMILES string of the molecule is COc1ccnc(N2CC(Cn3ncccc3=O)C2)n1. The molecule has 1 aliphatic rings. The third-order valence-electron chi connectivity index (χ3n) is 3.28. The zero-order valence-corrected chi connectivity index (χ0v) is 11.1. The van der Waals surface area contributed by atoms with Gasteiger partial charge in [-0.2, -0.15) is 10.1 Å². The van der Waals surface area contributed by atoms with Crippen LogP contribution in [0.1, 0.15) is 0 Å². The Labute approximate surface area is 115 Å². The quantitative estimate of drug-likeness (QED) is 0.791. The molecular formula is C13H15N5O2. The normalized spacial score (nSPS) is 14.9. The second kappa shape index (κ2) is 5.28. The monoisotopic (exact) mass is 273 g/mol. The van der Waals surface area contributed by atoms with Gasteiger partial charge in [0.05, 0.1) is 13.7 Å². The number of ether oxygens (including phenoxy) is 1. The molecule has 20 heavy (non-hydrogen) atoms. The van der Waals surface area contributed by atoms with Gasteiger partial charge in [0.1, 0.15) is 0 Å². The number of anilines is 1. The van der Waals surface area contributed by atoms with Crippen LogP contribution in [0.3, 0.4) is 0 Å². The molecule has 2 aromatic rings. The van der Waals surface area contributed by atoms with Crippen LogP contribution in [0.15, 0.2) is 35.4 Å². The summed E-state index contributed by atoms with van der Waals surface area (Å²) in [4.78, 5) is 22.1. The number of nitrogens with zero attached hydrogens (tertiary/aromatic N) is 5. The van der Waals surface area contributed by atoms with Crippen molar-refractivity contribution < 1.29 is 4.74 Å². The zero-order valence-electron chi connectivity index (χ0n) is 11.1. The number of aromatic nitrogens is 4. The van der Waals surface area contributed by atoms with Crippen molar-refractivity contribution in [3.8, 4) is 5.88 Å². The average molecular weight is 273 g/mol. The lowest BCUT2D eigenvalue weighted by Gasteiger charge is -2.39. The molecule has 1 fully saturated rings. The lowest BCUT2D eigenvalue weighted by Crippen LogP contribution is -2.50. The van der Waals surface area contributed by atoms with Gasteiger partial charge >= 0.3 is 0 Å². The van der Waals surface area contributed by atoms with Crippen molar-refractivity contribution in [1.29, 1.82) is 0 Å². The molecule has 0 radical (unpaired) electrons. The summed E-state index contributed by atoms with van der Waals surface area (Å²) in [5.74, 6) is 1.60. The molecule has 0 spiro atoms. The first kappa shape index (κ1) is 12.6. The van der Waals surface area contributed by atoms with Crippen LogP contribution in [0.4, 0.5) is 5.95 Å². The van der Waals surface area contributed by atoms with Gasteiger partial charge < -0.3 is 9.64 Å². The fourth-order valence-corrected chi connectivity index (χ4v) is 2.22. The van der Waals surface area contributed by atoms with E-state index in [0.717, 1.165) is 13.1 Å². The molecule has 0 amide bonds. The number of hydrogen-bond acceptors (Lipinski definition) is 6. The first-order valence-electron chi connectivity index (χ1n) is 6.40. The molecule has 0 atom stereocenters. The van der Waals surface area contributed by atoms with Crippen molar-refractivity contribution >= 4 is 5.95 Å². The largest absolute Gasteiger partial charge is 0.481 e. The average Bonchev–Trinajstić information content (AvgIpc) is 2.44. The molecule has 104 valence electrons. The second-order valence-electron chi connectivity index (χ2n) is 4.71. The van der Waals surface area contributed by atoms with Crippen LogP contribution in [0, 0.1) is 5.92 Å². The van der Waals surface area contributed by atoms with Crippen LogP contribution in [0.2, 0.25) is 0 Å². The third-order valence-corrected chi connectivity index (χ3v) is 3.28. The topological polar surface area (TPSA) is 73.1 Å². The van der Waals surface area contributed by atoms with Crippen LogP contribution < -0.4 is 15.2 Å². The van der Waals surface area contributed by atoms with Gasteiger partial charge in [-0.05, 0) is 6.07 Å². The Morgan fingerprint density at radius 3 is 2.95 bits per heavy atom. The van der Waals surface area contributed by atoms with Crippen LogP contribution >= 0.6 is 0 Å². The van der Waals surface area contributed by atoms with Crippen molar-refractivity contribution in [2.75, 3.05) is 25.1 Å². The smallest absolute Gasteiger partial charge is 0.266 e. The van der Waals surface area contributed by atoms with Gasteiger partial charge in [0.15, 0.2) is 0 Å². The van der Waals surface area contributed by atoms with Crippen LogP contribution in [0.25, 0.3) is 0 Å². The van der Waals surface area contributed by atoms with Gasteiger partial charge in [0.2, 0.25) is 11.8 Å². The first-order chi connectivity index (χ1) is 9.76. The molecule has 0 saturated carbocycles. The third kappa shape index (κ3) is 2.47. The highest BCUT2D eigenvalue weighted by atomic mass is 16.5. The maximum absolute atomic E-state index is 11.6. The van der Waals surface area contributed by atoms with Crippen molar-refractivity contribution in [2.24, 2.45) is 5.92 Å². The predicted octanol–water partition coefficient (Wildman–Crippen LogP) is 0.178. The number of methoxy groups -OCH3 is 1. The lowest BCUT2D eigenvalue weighted by molar-refractivity contribution is 0.328. The molecule has 1 saturated heterocycles. The minimum Gasteiger partial charge on any atom is -0.481 e. The Hall–Kier alpha value is -2.44. The van der Waals surface area contributed by atoms with Crippen molar-refractivity contribution in [2.45, 2.75) is 6.54 Å². The maximum Gasteiger partial charge on any atom is 0.266 e. The van der Waals surface area contributed by atoms with Crippen molar-refractivity contribution in [3.63, 3.8) is 0 Å². The molecule has 0 bridgehead atoms. The molecule has 2 aromatic heterocycles. The Morgan fingerprint density at radius 2 is 2.20 bits per heavy atom. The van der Waals surface area contributed by atoms with E-state index in [0.29, 0.717) is 24.3 Å². The molecule has 7 heteroatoms. The highest BCUT2D eigenvalue weighted by Gasteiger charge is 2.29. The summed E-state index contributed by atoms with van der Waals surface area (Å²) < 4.78 is 6.57. The van der Waals surface area contributed by atoms with Gasteiger partial charge in [-0.15, -0.1) is 0 Å². The summed E-state index contributed by atoms with van der Waals surface area (Å²) in [6.07, 6.45) is 3.31. The summed E-state index contributed by atoms with van der Waals surface area (Å²) in [7, 11) is 1.58. The van der Waals surface area contributed by atoms with Crippen LogP contribution in [0.5, 0.6) is 5.88 Å². The molecule has 1 aliphatic heterocycles. The Kier molecular flexibility index (Phi) is 3.32. The summed E-state index contributed by atoms with van der Waals surface area (Å²) in [5.41, 5.74) is -0.0661. The van der Waals surface area contributed by atoms with Gasteiger partial charge in [0, 0.05) is 43.5 Å². The highest BCUT2D eigenvalue weighted by Crippen LogP contribution is 2.22. The molecule has 3 heterocycles. The van der Waals surface area contributed by atoms with E-state index in [-0.39, 0.29) is 5.56 Å². The molecule has 0 aliphatic carbocycles. The van der Waals surface area contributed by atoms with E-state index in [1.54, 1.807) is 31.6 Å². The van der Waals surface area contributed by atoms with E-state index in [4.69, 9.17) is 4.74 Å². The van der Waals surface area contributed by atoms with Crippen LogP contribution in [-0.4, -0.2) is 39.9 Å². The highest BCUT2D eigenvalue weighted by molar-refractivity contribution is 5.35. The fraction of sp³-hybridized carbons (Fsp3) is 0.385. The molecule has 0 aromatic carbocycles. The molecule has 3 rings (SSSR count). The van der Waals surface area contributed by atoms with Crippen molar-refractivity contribution in [3.05, 3.63) is 40.9 Å². The van der Waals surface area contributed by atoms with Crippen LogP contribution in [-0.2, 0) is 6.54 Å². The lowest BCUT2D eigenvalue weighted by atomic mass is 10.0. The van der Waals surface area contributed by atoms with Gasteiger partial charge in [-0.1, -0.05) is 0 Å². The minimum atomic E-state index is -0.0661. The van der Waals surface area contributed by atoms with Gasteiger partial charge in [0.25, 0.3) is 5.56 Å². The summed E-state index contributed by atoms with van der Waals surface area (Å²) >= 11 is 0. The number of rotatable bonds is 4. The summed E-state index contributed by atoms with van der Waals surface area (Å²) in [6, 6.07) is 4.89. The van der Waals surface area contributed by atoms with E-state index in [2.05, 4.69) is 20.0 Å². The van der Waals surface area contributed by atoms with E-state index < -0.39 is 0 Å². The van der Waals surface area contributed by atoms with E-state index in [1.807, 2.05) is 0 Å². The maximum atomic E-state index is 11.6. The molecule has 0 unspecified atom stereocenters. The van der Waals surface area contributed by atoms with Gasteiger partial charge in [-0.25, -0.2) is 9.67 Å². The molecular weight excluding hydrogens is 258 g/mol. The first-order valence-corrected chi connectivity index (χ1v) is 6.40. The van der Waals surface area contributed by atoms with E-state index >= 15 is 0 Å². The minimum absolute atomic E-state index is 0.0661. The molecule has 7 nitrogen and oxygen atoms in total. The van der Waals surface area contributed by atoms with Crippen molar-refractivity contribution in [1.82, 2.24) is 19.7 Å². The number of hydrogen-bond donors (Lipinski definition) is 0. The zero-order chi connectivity index (χ0) is 13.9. The van der Waals surface area contributed by atoms with E-state index in [9.17, 15) is 4.79 Å². The Balaban J connectivity index is 1.61. The summed E-state index contributed by atoms with van der Waals surface area (Å²) in [6.45, 7) is 2.26. The standard InChI is InChI=1S/C13H15N5O2/c1-20-11-4-6-14-13(16-11)17-7-10(8-17)9-18-12(19)3-2-5-15-18/h2-6,10H,7-9H2,1H3. The van der Waals surface area contributed by atoms with Gasteiger partial charge in [-0.3, -0.25) is 4.79 Å². The second-order valence-corrected chi connectivity index (χ2v) is 4.71. The predicted molar refractivity (Wildman–Crippen MR) is 72.8 cm³/mol. The fourth-order valence-electron chi connectivity index (χ4n) is 2.22. The Morgan fingerprint density at radius 1 is 1.35 bits per heavy atom. The van der Waals surface area contributed by atoms with E-state index in [1.165, 1.54) is 10.7 Å². The molecule has 0 N–H and O–H groups in total.